The third kappa shape index (κ3) is 12.5. The summed E-state index contributed by atoms with van der Waals surface area (Å²) >= 11 is 0. The Bertz CT molecular complexity index is 3700. The Morgan fingerprint density at radius 1 is 0.611 bits per heavy atom. The molecule has 384 valence electrons. The van der Waals surface area contributed by atoms with Crippen molar-refractivity contribution < 1.29 is 99.2 Å². The van der Waals surface area contributed by atoms with Crippen molar-refractivity contribution in [3.63, 3.8) is 0 Å². The zero-order valence-electron chi connectivity index (χ0n) is 36.0. The minimum absolute atomic E-state index is 0.0249. The van der Waals surface area contributed by atoms with Crippen LogP contribution in [0.25, 0.3) is 10.8 Å². The number of aliphatic hydroxyl groups is 2. The van der Waals surface area contributed by atoms with Crippen LogP contribution >= 0.6 is 0 Å². The smallest absolute Gasteiger partial charge is 0.297 e. The van der Waals surface area contributed by atoms with Crippen LogP contribution in [0.5, 0.6) is 23.0 Å². The van der Waals surface area contributed by atoms with Crippen molar-refractivity contribution in [3.8, 4) is 23.0 Å². The van der Waals surface area contributed by atoms with Gasteiger partial charge >= 0.3 is 0 Å². The largest absolute Gasteiger partial charge is 0.505 e. The number of phenolic OH excluding ortho intramolecular Hbond substituents is 1. The van der Waals surface area contributed by atoms with Crippen molar-refractivity contribution in [2.45, 2.75) is 25.6 Å². The highest BCUT2D eigenvalue weighted by Gasteiger charge is 2.39. The normalized spacial score (nSPS) is 15.1. The number of nitrogens with zero attached hydrogens (tertiary/aromatic N) is 8. The van der Waals surface area contributed by atoms with E-state index in [0.29, 0.717) is 11.1 Å². The topological polar surface area (TPSA) is 467 Å². The Hall–Kier alpha value is -7.03. The standard InChI is InChI=1S/C37H34N8O22S5/c1-65-20-4-8-24(31(14-20)70(56,57)58)38-40-26-16-30(67-13-11-47)27(17-29(26)66-12-10-46)41-43-34-32(71(59,60)61)15-23-22(35(34)48)7-9-25(36(23)72(62,63)64)39-42-33-28(18-68(50,51)52)44-45(37(33)49)19-2-5-21(6-3-19)69(53,54)55/h2-9,14-17,33,46-48H,10-13,18H2,1H3,(H,50,51,52)(H,53,54,55)(H,56,57,58)(H,59,60,61)(H,62,63,64)/b40-38+,42-39+,43-41+. The number of benzene rings is 5. The van der Waals surface area contributed by atoms with Gasteiger partial charge in [-0.3, -0.25) is 27.6 Å². The number of amides is 1. The predicted molar refractivity (Wildman–Crippen MR) is 244 cm³/mol. The minimum atomic E-state index is -5.60. The number of hydrogen-bond acceptors (Lipinski definition) is 24. The van der Waals surface area contributed by atoms with Crippen molar-refractivity contribution in [2.75, 3.05) is 44.3 Å². The predicted octanol–water partition coefficient (Wildman–Crippen LogP) is 3.86. The van der Waals surface area contributed by atoms with E-state index in [1.54, 1.807) is 0 Å². The summed E-state index contributed by atoms with van der Waals surface area (Å²) in [6.07, 6.45) is 0. The van der Waals surface area contributed by atoms with Gasteiger partial charge in [-0.1, -0.05) is 0 Å². The highest BCUT2D eigenvalue weighted by Crippen LogP contribution is 2.47. The molecule has 1 heterocycles. The molecule has 0 saturated carbocycles. The van der Waals surface area contributed by atoms with E-state index in [1.807, 2.05) is 0 Å². The molecule has 5 aromatic carbocycles. The summed E-state index contributed by atoms with van der Waals surface area (Å²) in [7, 11) is -24.5. The zero-order chi connectivity index (χ0) is 53.1. The average molecular weight is 1100 g/mol. The van der Waals surface area contributed by atoms with E-state index in [4.69, 9.17) is 14.2 Å². The number of ether oxygens (including phenoxy) is 3. The number of aromatic hydroxyl groups is 1. The van der Waals surface area contributed by atoms with Gasteiger partial charge in [0.1, 0.15) is 79.3 Å². The summed E-state index contributed by atoms with van der Waals surface area (Å²) in [5.74, 6) is -4.42. The van der Waals surface area contributed by atoms with Crippen LogP contribution in [-0.2, 0) is 55.4 Å². The summed E-state index contributed by atoms with van der Waals surface area (Å²) in [5, 5.41) is 56.2. The third-order valence-electron chi connectivity index (χ3n) is 9.38. The van der Waals surface area contributed by atoms with Gasteiger partial charge in [0.15, 0.2) is 11.8 Å². The molecule has 1 aliphatic rings. The number of carbonyl (C=O) groups excluding carboxylic acids is 1. The molecule has 0 spiro atoms. The third-order valence-corrected chi connectivity index (χ3v) is 13.6. The lowest BCUT2D eigenvalue weighted by Gasteiger charge is -2.14. The van der Waals surface area contributed by atoms with Gasteiger partial charge in [-0.2, -0.15) is 62.4 Å². The maximum atomic E-state index is 13.5. The molecule has 6 rings (SSSR count). The molecule has 8 N–H and O–H groups in total. The van der Waals surface area contributed by atoms with Crippen LogP contribution in [0.3, 0.4) is 0 Å². The number of carbonyl (C=O) groups is 1. The lowest BCUT2D eigenvalue weighted by atomic mass is 10.1. The summed E-state index contributed by atoms with van der Waals surface area (Å²) in [5.41, 5.74) is -4.02. The molecule has 0 aliphatic carbocycles. The van der Waals surface area contributed by atoms with Crippen molar-refractivity contribution >= 4 is 107 Å². The van der Waals surface area contributed by atoms with Crippen LogP contribution in [0, 0.1) is 0 Å². The van der Waals surface area contributed by atoms with E-state index in [2.05, 4.69) is 35.8 Å². The molecular weight excluding hydrogens is 1070 g/mol. The second kappa shape index (κ2) is 21.0. The summed E-state index contributed by atoms with van der Waals surface area (Å²) in [4.78, 5) is 9.50. The van der Waals surface area contributed by atoms with E-state index < -0.39 is 159 Å². The SMILES string of the molecule is COc1ccc(/N=N/c2cc(OCCO)c(/N=N/c3c(S(=O)(=O)O)cc4c(S(=O)(=O)O)c(/N=N/C5C(=O)N(c6ccc(S(=O)(=O)O)cc6)N=C5CS(=O)(=O)O)ccc4c3O)cc2OCCO)c(S(=O)(=O)O)c1. The van der Waals surface area contributed by atoms with Crippen LogP contribution in [-0.4, -0.2) is 137 Å². The molecule has 0 radical (unpaired) electrons. The Morgan fingerprint density at radius 3 is 1.68 bits per heavy atom. The number of hydrogen-bond donors (Lipinski definition) is 8. The molecule has 0 bridgehead atoms. The molecule has 0 aromatic heterocycles. The Balaban J connectivity index is 1.47. The first-order valence-corrected chi connectivity index (χ1v) is 26.7. The maximum Gasteiger partial charge on any atom is 0.297 e. The monoisotopic (exact) mass is 1100 g/mol. The second-order valence-corrected chi connectivity index (χ2v) is 21.2. The van der Waals surface area contributed by atoms with Crippen LogP contribution in [0.4, 0.5) is 34.1 Å². The van der Waals surface area contributed by atoms with Gasteiger partial charge in [0.25, 0.3) is 56.5 Å². The second-order valence-electron chi connectivity index (χ2n) is 14.2. The lowest BCUT2D eigenvalue weighted by Crippen LogP contribution is -2.32. The molecule has 1 aliphatic heterocycles. The molecule has 5 aromatic rings. The van der Waals surface area contributed by atoms with Gasteiger partial charge in [0, 0.05) is 29.0 Å². The van der Waals surface area contributed by atoms with E-state index >= 15 is 0 Å². The quantitative estimate of drug-likeness (QED) is 0.0405. The van der Waals surface area contributed by atoms with Gasteiger partial charge in [0.2, 0.25) is 0 Å². The molecule has 1 amide bonds. The fraction of sp³-hybridized carbons (Fsp3) is 0.189. The minimum Gasteiger partial charge on any atom is -0.505 e. The fourth-order valence-electron chi connectivity index (χ4n) is 6.35. The number of hydrazone groups is 1. The molecule has 30 nitrogen and oxygen atoms in total. The van der Waals surface area contributed by atoms with Crippen molar-refractivity contribution in [1.29, 1.82) is 0 Å². The molecular formula is C37H34N8O22S5. The first kappa shape index (κ1) is 54.3. The number of azo groups is 3. The molecule has 0 fully saturated rings. The molecule has 1 atom stereocenters. The van der Waals surface area contributed by atoms with Gasteiger partial charge < -0.3 is 29.5 Å². The highest BCUT2D eigenvalue weighted by atomic mass is 32.2. The number of fused-ring (bicyclic) bond motifs is 1. The summed E-state index contributed by atoms with van der Waals surface area (Å²) in [6, 6.07) is 9.05. The average Bonchev–Trinajstić information content (AvgIpc) is 3.59. The van der Waals surface area contributed by atoms with Crippen molar-refractivity contribution in [1.82, 2.24) is 0 Å². The van der Waals surface area contributed by atoms with Crippen LogP contribution in [0.1, 0.15) is 0 Å². The van der Waals surface area contributed by atoms with E-state index in [-0.39, 0.29) is 28.6 Å². The summed E-state index contributed by atoms with van der Waals surface area (Å²) in [6.45, 7) is -2.07. The Kier molecular flexibility index (Phi) is 15.8. The highest BCUT2D eigenvalue weighted by molar-refractivity contribution is 7.87. The lowest BCUT2D eigenvalue weighted by molar-refractivity contribution is -0.117. The number of rotatable bonds is 20. The molecule has 1 unspecified atom stereocenters. The fourth-order valence-corrected chi connectivity index (χ4v) is 9.53. The number of aliphatic hydroxyl groups excluding tert-OH is 2. The van der Waals surface area contributed by atoms with Gasteiger partial charge in [-0.15, -0.1) is 20.5 Å². The summed E-state index contributed by atoms with van der Waals surface area (Å²) < 4.78 is 188. The van der Waals surface area contributed by atoms with Crippen LogP contribution < -0.4 is 19.2 Å². The van der Waals surface area contributed by atoms with Gasteiger partial charge in [-0.05, 0) is 54.6 Å². The molecule has 35 heteroatoms. The van der Waals surface area contributed by atoms with E-state index in [1.165, 1.54) is 13.2 Å². The Labute approximate surface area is 406 Å². The zero-order valence-corrected chi connectivity index (χ0v) is 40.0. The maximum absolute atomic E-state index is 13.5. The van der Waals surface area contributed by atoms with Gasteiger partial charge in [-0.25, -0.2) is 0 Å². The number of anilines is 1. The van der Waals surface area contributed by atoms with Crippen LogP contribution in [0.2, 0.25) is 0 Å². The Morgan fingerprint density at radius 2 is 1.17 bits per heavy atom. The number of phenols is 1. The van der Waals surface area contributed by atoms with Crippen molar-refractivity contribution in [2.24, 2.45) is 35.8 Å². The molecule has 0 saturated heterocycles. The first-order valence-electron chi connectivity index (χ1n) is 19.3. The molecule has 72 heavy (non-hydrogen) atoms. The van der Waals surface area contributed by atoms with Crippen LogP contribution in [0.15, 0.2) is 128 Å². The van der Waals surface area contributed by atoms with E-state index in [0.717, 1.165) is 60.7 Å². The number of methoxy groups -OCH3 is 1. The van der Waals surface area contributed by atoms with Gasteiger partial charge in [0.05, 0.1) is 36.6 Å². The van der Waals surface area contributed by atoms with E-state index in [9.17, 15) is 85.0 Å². The first-order chi connectivity index (χ1) is 33.5. The van der Waals surface area contributed by atoms with Crippen molar-refractivity contribution in [3.05, 3.63) is 72.8 Å².